The van der Waals surface area contributed by atoms with E-state index in [4.69, 9.17) is 4.52 Å². The van der Waals surface area contributed by atoms with Gasteiger partial charge in [-0.25, -0.2) is 8.78 Å². The first-order valence-electron chi connectivity index (χ1n) is 10.6. The fraction of sp³-hybridized carbons (Fsp3) is 0.333. The van der Waals surface area contributed by atoms with Crippen LogP contribution in [-0.4, -0.2) is 53.1 Å². The molecule has 8 heteroatoms. The summed E-state index contributed by atoms with van der Waals surface area (Å²) in [6.07, 6.45) is 0. The lowest BCUT2D eigenvalue weighted by atomic mass is 9.96. The molecule has 4 rings (SSSR count). The number of hydrogen-bond donors (Lipinski definition) is 1. The Morgan fingerprint density at radius 1 is 0.938 bits per heavy atom. The first-order valence-corrected chi connectivity index (χ1v) is 10.6. The summed E-state index contributed by atoms with van der Waals surface area (Å²) in [6, 6.07) is 14.1. The van der Waals surface area contributed by atoms with E-state index in [0.717, 1.165) is 11.1 Å². The van der Waals surface area contributed by atoms with E-state index in [0.29, 0.717) is 37.8 Å². The van der Waals surface area contributed by atoms with Crippen molar-refractivity contribution in [2.75, 3.05) is 31.5 Å². The Bertz CT molecular complexity index is 999. The lowest BCUT2D eigenvalue weighted by molar-refractivity contribution is -0.121. The Labute approximate surface area is 185 Å². The molecule has 1 atom stereocenters. The second-order valence-electron chi connectivity index (χ2n) is 8.07. The number of nitrogens with zero attached hydrogens (tertiary/aromatic N) is 3. The fourth-order valence-electron chi connectivity index (χ4n) is 4.11. The third-order valence-electron chi connectivity index (χ3n) is 5.89. The summed E-state index contributed by atoms with van der Waals surface area (Å²) in [4.78, 5) is 17.0. The van der Waals surface area contributed by atoms with Crippen LogP contribution in [-0.2, 0) is 4.79 Å². The van der Waals surface area contributed by atoms with Gasteiger partial charge in [0.1, 0.15) is 17.4 Å². The number of aromatic nitrogens is 1. The van der Waals surface area contributed by atoms with E-state index in [-0.39, 0.29) is 29.6 Å². The molecule has 1 unspecified atom stereocenters. The maximum Gasteiger partial charge on any atom is 0.242 e. The summed E-state index contributed by atoms with van der Waals surface area (Å²) in [5, 5.41) is 6.60. The monoisotopic (exact) mass is 440 g/mol. The zero-order chi connectivity index (χ0) is 22.7. The summed E-state index contributed by atoms with van der Waals surface area (Å²) >= 11 is 0. The molecule has 1 N–H and O–H groups in total. The van der Waals surface area contributed by atoms with Crippen LogP contribution in [0.2, 0.25) is 0 Å². The predicted octanol–water partition coefficient (Wildman–Crippen LogP) is 4.00. The van der Waals surface area contributed by atoms with Crippen LogP contribution in [0.3, 0.4) is 0 Å². The van der Waals surface area contributed by atoms with Crippen molar-refractivity contribution >= 4 is 11.7 Å². The maximum atomic E-state index is 13.5. The molecule has 1 aliphatic rings. The third kappa shape index (κ3) is 5.03. The highest BCUT2D eigenvalue weighted by Crippen LogP contribution is 2.30. The number of aryl methyl sites for hydroxylation is 1. The molecule has 0 aliphatic carbocycles. The molecular formula is C24H26F2N4O2. The van der Waals surface area contributed by atoms with E-state index in [2.05, 4.69) is 20.3 Å². The van der Waals surface area contributed by atoms with Crippen LogP contribution in [0.4, 0.5) is 14.6 Å². The SMILES string of the molecule is Cc1cc(NC(=O)C(C)N2CCN(C(c3ccc(F)cc3)c3ccc(F)cc3)CC2)no1. The van der Waals surface area contributed by atoms with Gasteiger partial charge in [-0.3, -0.25) is 14.6 Å². The molecule has 1 aromatic heterocycles. The molecule has 0 bridgehead atoms. The lowest BCUT2D eigenvalue weighted by Crippen LogP contribution is -2.53. The van der Waals surface area contributed by atoms with Crippen molar-refractivity contribution < 1.29 is 18.1 Å². The van der Waals surface area contributed by atoms with Gasteiger partial charge in [-0.2, -0.15) is 0 Å². The highest BCUT2D eigenvalue weighted by atomic mass is 19.1. The van der Waals surface area contributed by atoms with Crippen molar-refractivity contribution in [1.29, 1.82) is 0 Å². The Hall–Kier alpha value is -3.10. The summed E-state index contributed by atoms with van der Waals surface area (Å²) in [6.45, 7) is 6.43. The van der Waals surface area contributed by atoms with Gasteiger partial charge in [0.15, 0.2) is 5.82 Å². The molecule has 0 saturated carbocycles. The Balaban J connectivity index is 1.45. The molecule has 1 fully saturated rings. The van der Waals surface area contributed by atoms with Crippen molar-refractivity contribution in [2.24, 2.45) is 0 Å². The number of nitrogens with one attached hydrogen (secondary N) is 1. The van der Waals surface area contributed by atoms with Gasteiger partial charge in [0.25, 0.3) is 0 Å². The number of carbonyl (C=O) groups excluding carboxylic acids is 1. The molecule has 2 aromatic carbocycles. The number of carbonyl (C=O) groups is 1. The van der Waals surface area contributed by atoms with Crippen molar-refractivity contribution in [3.8, 4) is 0 Å². The minimum absolute atomic E-state index is 0.124. The Morgan fingerprint density at radius 3 is 1.91 bits per heavy atom. The van der Waals surface area contributed by atoms with Gasteiger partial charge in [0, 0.05) is 32.2 Å². The molecule has 1 amide bonds. The normalized spacial score (nSPS) is 16.3. The molecule has 32 heavy (non-hydrogen) atoms. The van der Waals surface area contributed by atoms with Crippen LogP contribution in [0.15, 0.2) is 59.1 Å². The highest BCUT2D eigenvalue weighted by molar-refractivity contribution is 5.93. The van der Waals surface area contributed by atoms with E-state index in [9.17, 15) is 13.6 Å². The standard InChI is InChI=1S/C24H26F2N4O2/c1-16-15-22(28-32-16)27-24(31)17(2)29-11-13-30(14-12-29)23(18-3-7-20(25)8-4-18)19-5-9-21(26)10-6-19/h3-10,15,17,23H,11-14H2,1-2H3,(H,27,28,31). The number of amides is 1. The van der Waals surface area contributed by atoms with Crippen LogP contribution in [0, 0.1) is 18.6 Å². The zero-order valence-corrected chi connectivity index (χ0v) is 18.1. The van der Waals surface area contributed by atoms with Gasteiger partial charge < -0.3 is 9.84 Å². The minimum atomic E-state index is -0.329. The highest BCUT2D eigenvalue weighted by Gasteiger charge is 2.30. The van der Waals surface area contributed by atoms with E-state index in [1.165, 1.54) is 24.3 Å². The topological polar surface area (TPSA) is 61.6 Å². The van der Waals surface area contributed by atoms with Crippen LogP contribution in [0.1, 0.15) is 29.9 Å². The van der Waals surface area contributed by atoms with E-state index in [1.54, 1.807) is 37.3 Å². The number of benzene rings is 2. The van der Waals surface area contributed by atoms with Crippen LogP contribution in [0.5, 0.6) is 0 Å². The Kier molecular flexibility index (Phi) is 6.62. The second kappa shape index (κ2) is 9.58. The molecular weight excluding hydrogens is 414 g/mol. The van der Waals surface area contributed by atoms with Gasteiger partial charge in [-0.05, 0) is 49.2 Å². The minimum Gasteiger partial charge on any atom is -0.360 e. The molecule has 0 radical (unpaired) electrons. The number of hydrogen-bond acceptors (Lipinski definition) is 5. The van der Waals surface area contributed by atoms with Gasteiger partial charge >= 0.3 is 0 Å². The van der Waals surface area contributed by atoms with Gasteiger partial charge in [0.05, 0.1) is 12.1 Å². The molecule has 0 spiro atoms. The van der Waals surface area contributed by atoms with Crippen LogP contribution in [0.25, 0.3) is 0 Å². The fourth-order valence-corrected chi connectivity index (χ4v) is 4.11. The third-order valence-corrected chi connectivity index (χ3v) is 5.89. The van der Waals surface area contributed by atoms with E-state index >= 15 is 0 Å². The van der Waals surface area contributed by atoms with Crippen molar-refractivity contribution in [3.05, 3.63) is 83.1 Å². The number of anilines is 1. The van der Waals surface area contributed by atoms with Crippen molar-refractivity contribution in [3.63, 3.8) is 0 Å². The molecule has 1 saturated heterocycles. The van der Waals surface area contributed by atoms with Crippen molar-refractivity contribution in [1.82, 2.24) is 15.0 Å². The average molecular weight is 440 g/mol. The number of halogens is 2. The lowest BCUT2D eigenvalue weighted by Gasteiger charge is -2.41. The Morgan fingerprint density at radius 2 is 1.44 bits per heavy atom. The van der Waals surface area contributed by atoms with Crippen LogP contribution >= 0.6 is 0 Å². The summed E-state index contributed by atoms with van der Waals surface area (Å²) < 4.78 is 32.0. The van der Waals surface area contributed by atoms with Crippen molar-refractivity contribution in [2.45, 2.75) is 25.9 Å². The van der Waals surface area contributed by atoms with E-state index < -0.39 is 0 Å². The zero-order valence-electron chi connectivity index (χ0n) is 18.1. The molecule has 1 aliphatic heterocycles. The molecule has 2 heterocycles. The first-order chi connectivity index (χ1) is 15.4. The molecule has 3 aromatic rings. The maximum absolute atomic E-state index is 13.5. The number of piperazine rings is 1. The first kappa shape index (κ1) is 22.1. The quantitative estimate of drug-likeness (QED) is 0.628. The summed E-state index contributed by atoms with van der Waals surface area (Å²) in [5.74, 6) is 0.317. The molecule has 6 nitrogen and oxygen atoms in total. The van der Waals surface area contributed by atoms with Gasteiger partial charge in [-0.15, -0.1) is 0 Å². The largest absolute Gasteiger partial charge is 0.360 e. The second-order valence-corrected chi connectivity index (χ2v) is 8.07. The van der Waals surface area contributed by atoms with Gasteiger partial charge in [0.2, 0.25) is 5.91 Å². The summed E-state index contributed by atoms with van der Waals surface area (Å²) in [7, 11) is 0. The average Bonchev–Trinajstić information content (AvgIpc) is 3.21. The molecule has 168 valence electrons. The predicted molar refractivity (Wildman–Crippen MR) is 117 cm³/mol. The van der Waals surface area contributed by atoms with E-state index in [1.807, 2.05) is 6.92 Å². The summed E-state index contributed by atoms with van der Waals surface area (Å²) in [5.41, 5.74) is 1.89. The van der Waals surface area contributed by atoms with Gasteiger partial charge in [-0.1, -0.05) is 29.4 Å². The smallest absolute Gasteiger partial charge is 0.242 e. The van der Waals surface area contributed by atoms with Crippen LogP contribution < -0.4 is 5.32 Å². The number of rotatable bonds is 6.